The maximum atomic E-state index is 6.07. The minimum absolute atomic E-state index is 0. The molecule has 2 heteroatoms. The van der Waals surface area contributed by atoms with Crippen LogP contribution in [0.5, 0.6) is 0 Å². The third kappa shape index (κ3) is 4.50. The van der Waals surface area contributed by atoms with E-state index in [0.717, 1.165) is 12.0 Å². The highest BCUT2D eigenvalue weighted by molar-refractivity contribution is 5.85. The fourth-order valence-corrected chi connectivity index (χ4v) is 1.72. The van der Waals surface area contributed by atoms with Crippen molar-refractivity contribution in [3.8, 4) is 0 Å². The summed E-state index contributed by atoms with van der Waals surface area (Å²) in [7, 11) is 0. The van der Waals surface area contributed by atoms with Gasteiger partial charge in [-0.15, -0.1) is 19.0 Å². The van der Waals surface area contributed by atoms with Crippen LogP contribution in [0.1, 0.15) is 36.1 Å². The maximum absolute atomic E-state index is 6.07. The van der Waals surface area contributed by atoms with Gasteiger partial charge in [-0.2, -0.15) is 0 Å². The largest absolute Gasteiger partial charge is 0.324 e. The van der Waals surface area contributed by atoms with Crippen molar-refractivity contribution in [2.24, 2.45) is 5.73 Å². The van der Waals surface area contributed by atoms with Crippen LogP contribution in [0.15, 0.2) is 30.4 Å². The van der Waals surface area contributed by atoms with Gasteiger partial charge in [-0.1, -0.05) is 34.9 Å². The summed E-state index contributed by atoms with van der Waals surface area (Å²) in [4.78, 5) is 0. The van der Waals surface area contributed by atoms with E-state index < -0.39 is 0 Å². The van der Waals surface area contributed by atoms with Crippen molar-refractivity contribution in [1.82, 2.24) is 0 Å². The molecule has 0 aliphatic carbocycles. The summed E-state index contributed by atoms with van der Waals surface area (Å²) >= 11 is 0. The van der Waals surface area contributed by atoms with Gasteiger partial charge in [0.1, 0.15) is 0 Å². The van der Waals surface area contributed by atoms with Gasteiger partial charge in [0.05, 0.1) is 0 Å². The molecular weight excluding hydrogens is 206 g/mol. The Kier molecular flexibility index (Phi) is 5.63. The van der Waals surface area contributed by atoms with Crippen molar-refractivity contribution in [1.29, 1.82) is 0 Å². The minimum atomic E-state index is 0. The highest BCUT2D eigenvalue weighted by atomic mass is 35.5. The summed E-state index contributed by atoms with van der Waals surface area (Å²) in [5, 5.41) is 0. The van der Waals surface area contributed by atoms with Crippen LogP contribution in [0, 0.1) is 13.8 Å². The van der Waals surface area contributed by atoms with Crippen molar-refractivity contribution >= 4 is 12.4 Å². The van der Waals surface area contributed by atoms with Crippen molar-refractivity contribution < 1.29 is 0 Å². The summed E-state index contributed by atoms with van der Waals surface area (Å²) in [6.45, 7) is 10.1. The van der Waals surface area contributed by atoms with Crippen molar-refractivity contribution in [2.75, 3.05) is 0 Å². The van der Waals surface area contributed by atoms with Gasteiger partial charge in [-0.05, 0) is 32.8 Å². The molecule has 0 saturated carbocycles. The molecule has 0 radical (unpaired) electrons. The van der Waals surface area contributed by atoms with Gasteiger partial charge in [-0.3, -0.25) is 0 Å². The smallest absolute Gasteiger partial charge is 0.0332 e. The fourth-order valence-electron chi connectivity index (χ4n) is 1.72. The Hall–Kier alpha value is -0.790. The number of nitrogens with two attached hydrogens (primary N) is 1. The van der Waals surface area contributed by atoms with Crippen molar-refractivity contribution in [3.05, 3.63) is 47.0 Å². The third-order valence-corrected chi connectivity index (χ3v) is 2.24. The molecular formula is C13H20ClN. The van der Waals surface area contributed by atoms with Gasteiger partial charge in [0.25, 0.3) is 0 Å². The van der Waals surface area contributed by atoms with Crippen molar-refractivity contribution in [2.45, 2.75) is 33.2 Å². The molecule has 0 aromatic heterocycles. The topological polar surface area (TPSA) is 26.0 Å². The predicted octanol–water partition coefficient (Wildman–Crippen LogP) is 3.69. The van der Waals surface area contributed by atoms with E-state index in [2.05, 4.69) is 38.6 Å². The Labute approximate surface area is 98.8 Å². The Morgan fingerprint density at radius 1 is 1.27 bits per heavy atom. The lowest BCUT2D eigenvalue weighted by Gasteiger charge is -2.13. The normalized spacial score (nSPS) is 11.7. The average molecular weight is 226 g/mol. The van der Waals surface area contributed by atoms with E-state index in [-0.39, 0.29) is 18.4 Å². The number of halogens is 1. The van der Waals surface area contributed by atoms with Crippen LogP contribution in [-0.2, 0) is 0 Å². The van der Waals surface area contributed by atoms with Crippen LogP contribution in [0.4, 0.5) is 0 Å². The average Bonchev–Trinajstić information content (AvgIpc) is 2.00. The molecule has 0 unspecified atom stereocenters. The molecule has 1 atom stereocenters. The summed E-state index contributed by atoms with van der Waals surface area (Å²) in [6.07, 6.45) is 0.864. The zero-order valence-corrected chi connectivity index (χ0v) is 10.5. The lowest BCUT2D eigenvalue weighted by molar-refractivity contribution is 0.715. The highest BCUT2D eigenvalue weighted by Crippen LogP contribution is 2.20. The molecule has 0 aliphatic heterocycles. The number of rotatable bonds is 3. The number of hydrogen-bond donors (Lipinski definition) is 1. The molecule has 0 aliphatic rings. The molecule has 1 nitrogen and oxygen atoms in total. The van der Waals surface area contributed by atoms with Gasteiger partial charge in [0.15, 0.2) is 0 Å². The van der Waals surface area contributed by atoms with Gasteiger partial charge in [0.2, 0.25) is 0 Å². The van der Waals surface area contributed by atoms with Crippen LogP contribution < -0.4 is 5.73 Å². The molecule has 2 N–H and O–H groups in total. The predicted molar refractivity (Wildman–Crippen MR) is 69.5 cm³/mol. The van der Waals surface area contributed by atoms with Gasteiger partial charge >= 0.3 is 0 Å². The van der Waals surface area contributed by atoms with Crippen LogP contribution >= 0.6 is 12.4 Å². The Bertz CT molecular complexity index is 324. The molecule has 15 heavy (non-hydrogen) atoms. The number of benzene rings is 1. The summed E-state index contributed by atoms with van der Waals surface area (Å²) in [5.74, 6) is 0. The molecule has 1 aromatic carbocycles. The molecule has 84 valence electrons. The lowest BCUT2D eigenvalue weighted by atomic mass is 9.98. The molecule has 0 bridgehead atoms. The second-order valence-corrected chi connectivity index (χ2v) is 4.19. The Balaban J connectivity index is 0.00000196. The third-order valence-electron chi connectivity index (χ3n) is 2.24. The van der Waals surface area contributed by atoms with E-state index >= 15 is 0 Å². The monoisotopic (exact) mass is 225 g/mol. The van der Waals surface area contributed by atoms with Crippen LogP contribution in [-0.4, -0.2) is 0 Å². The van der Waals surface area contributed by atoms with Gasteiger partial charge < -0.3 is 5.73 Å². The van der Waals surface area contributed by atoms with E-state index in [4.69, 9.17) is 5.73 Å². The van der Waals surface area contributed by atoms with E-state index in [0.29, 0.717) is 0 Å². The molecule has 0 spiro atoms. The summed E-state index contributed by atoms with van der Waals surface area (Å²) in [5.41, 5.74) is 11.0. The standard InChI is InChI=1S/C13H19N.ClH/c1-9(2)5-13(14)12-7-10(3)6-11(4)8-12;/h6-8,13H,1,5,14H2,2-4H3;1H/t13-;/m1./s1. The highest BCUT2D eigenvalue weighted by Gasteiger charge is 2.06. The maximum Gasteiger partial charge on any atom is 0.0332 e. The second-order valence-electron chi connectivity index (χ2n) is 4.19. The summed E-state index contributed by atoms with van der Waals surface area (Å²) < 4.78 is 0. The first-order chi connectivity index (χ1) is 6.49. The van der Waals surface area contributed by atoms with Crippen LogP contribution in [0.25, 0.3) is 0 Å². The zero-order valence-electron chi connectivity index (χ0n) is 9.71. The quantitative estimate of drug-likeness (QED) is 0.781. The van der Waals surface area contributed by atoms with Crippen molar-refractivity contribution in [3.63, 3.8) is 0 Å². The van der Waals surface area contributed by atoms with E-state index in [1.54, 1.807) is 0 Å². The molecule has 0 fully saturated rings. The van der Waals surface area contributed by atoms with Gasteiger partial charge in [-0.25, -0.2) is 0 Å². The first kappa shape index (κ1) is 14.2. The first-order valence-corrected chi connectivity index (χ1v) is 4.97. The van der Waals surface area contributed by atoms with E-state index in [9.17, 15) is 0 Å². The number of hydrogen-bond acceptors (Lipinski definition) is 1. The summed E-state index contributed by atoms with van der Waals surface area (Å²) in [6, 6.07) is 6.56. The Morgan fingerprint density at radius 3 is 2.13 bits per heavy atom. The molecule has 1 aromatic rings. The van der Waals surface area contributed by atoms with Crippen LogP contribution in [0.3, 0.4) is 0 Å². The Morgan fingerprint density at radius 2 is 1.73 bits per heavy atom. The number of aryl methyl sites for hydroxylation is 2. The fraction of sp³-hybridized carbons (Fsp3) is 0.385. The molecule has 0 heterocycles. The van der Waals surface area contributed by atoms with E-state index in [1.807, 2.05) is 6.92 Å². The lowest BCUT2D eigenvalue weighted by Crippen LogP contribution is -2.10. The SMILES string of the molecule is C=C(C)C[C@@H](N)c1cc(C)cc(C)c1.Cl. The first-order valence-electron chi connectivity index (χ1n) is 4.97. The van der Waals surface area contributed by atoms with Crippen LogP contribution in [0.2, 0.25) is 0 Å². The van der Waals surface area contributed by atoms with E-state index in [1.165, 1.54) is 16.7 Å². The van der Waals surface area contributed by atoms with Gasteiger partial charge in [0, 0.05) is 6.04 Å². The minimum Gasteiger partial charge on any atom is -0.324 e. The molecule has 1 rings (SSSR count). The second kappa shape index (κ2) is 5.94. The zero-order chi connectivity index (χ0) is 10.7. The molecule has 0 saturated heterocycles. The molecule has 0 amide bonds.